The van der Waals surface area contributed by atoms with Gasteiger partial charge in [0.2, 0.25) is 0 Å². The lowest BCUT2D eigenvalue weighted by atomic mass is 10.3. The summed E-state index contributed by atoms with van der Waals surface area (Å²) in [7, 11) is 0. The van der Waals surface area contributed by atoms with Gasteiger partial charge in [0, 0.05) is 19.5 Å². The van der Waals surface area contributed by atoms with Gasteiger partial charge in [-0.05, 0) is 42.7 Å². The number of rotatable bonds is 7. The maximum atomic E-state index is 10.3. The van der Waals surface area contributed by atoms with Crippen molar-refractivity contribution in [3.05, 3.63) is 15.9 Å². The highest BCUT2D eigenvalue weighted by atomic mass is 79.9. The average molecular weight is 304 g/mol. The van der Waals surface area contributed by atoms with E-state index in [0.29, 0.717) is 19.5 Å². The first kappa shape index (κ1) is 14.2. The van der Waals surface area contributed by atoms with Crippen molar-refractivity contribution in [2.45, 2.75) is 39.8 Å². The van der Waals surface area contributed by atoms with E-state index >= 15 is 0 Å². The number of aryl methyl sites for hydroxylation is 2. The second-order valence-electron chi connectivity index (χ2n) is 3.84. The lowest BCUT2D eigenvalue weighted by Gasteiger charge is -2.06. The van der Waals surface area contributed by atoms with Crippen LogP contribution in [0.5, 0.6) is 0 Å². The highest BCUT2D eigenvalue weighted by Crippen LogP contribution is 2.20. The lowest BCUT2D eigenvalue weighted by Crippen LogP contribution is -2.18. The van der Waals surface area contributed by atoms with Gasteiger partial charge < -0.3 is 10.4 Å². The van der Waals surface area contributed by atoms with Gasteiger partial charge in [0.1, 0.15) is 0 Å². The Morgan fingerprint density at radius 2 is 2.29 bits per heavy atom. The summed E-state index contributed by atoms with van der Waals surface area (Å²) in [6, 6.07) is 0. The molecule has 0 radical (unpaired) electrons. The SMILES string of the molecule is CCn1nc(C)c(Br)c1CNCCCC(=O)O. The highest BCUT2D eigenvalue weighted by Gasteiger charge is 2.11. The Morgan fingerprint density at radius 1 is 1.59 bits per heavy atom. The van der Waals surface area contributed by atoms with Gasteiger partial charge in [-0.25, -0.2) is 0 Å². The minimum atomic E-state index is -0.748. The summed E-state index contributed by atoms with van der Waals surface area (Å²) in [5.74, 6) is -0.748. The highest BCUT2D eigenvalue weighted by molar-refractivity contribution is 9.10. The second kappa shape index (κ2) is 6.76. The molecule has 17 heavy (non-hydrogen) atoms. The van der Waals surface area contributed by atoms with Crippen molar-refractivity contribution in [1.82, 2.24) is 15.1 Å². The van der Waals surface area contributed by atoms with Crippen LogP contribution in [0.3, 0.4) is 0 Å². The normalized spacial score (nSPS) is 10.8. The summed E-state index contributed by atoms with van der Waals surface area (Å²) < 4.78 is 2.98. The summed E-state index contributed by atoms with van der Waals surface area (Å²) in [6.07, 6.45) is 0.854. The third-order valence-electron chi connectivity index (χ3n) is 2.49. The average Bonchev–Trinajstić information content (AvgIpc) is 2.55. The van der Waals surface area contributed by atoms with Crippen LogP contribution in [-0.2, 0) is 17.9 Å². The molecular weight excluding hydrogens is 286 g/mol. The van der Waals surface area contributed by atoms with E-state index in [2.05, 4.69) is 26.3 Å². The van der Waals surface area contributed by atoms with Crippen LogP contribution in [0.1, 0.15) is 31.2 Å². The molecule has 0 aromatic carbocycles. The van der Waals surface area contributed by atoms with Crippen LogP contribution in [0.15, 0.2) is 4.47 Å². The molecule has 96 valence electrons. The molecule has 0 atom stereocenters. The minimum Gasteiger partial charge on any atom is -0.481 e. The van der Waals surface area contributed by atoms with Crippen LogP contribution >= 0.6 is 15.9 Å². The lowest BCUT2D eigenvalue weighted by molar-refractivity contribution is -0.137. The molecule has 0 aliphatic heterocycles. The smallest absolute Gasteiger partial charge is 0.303 e. The van der Waals surface area contributed by atoms with Crippen molar-refractivity contribution in [1.29, 1.82) is 0 Å². The van der Waals surface area contributed by atoms with Gasteiger partial charge in [0.25, 0.3) is 0 Å². The van der Waals surface area contributed by atoms with Crippen LogP contribution in [0, 0.1) is 6.92 Å². The number of hydrogen-bond donors (Lipinski definition) is 2. The number of hydrogen-bond acceptors (Lipinski definition) is 3. The summed E-state index contributed by atoms with van der Waals surface area (Å²) in [5.41, 5.74) is 2.09. The maximum absolute atomic E-state index is 10.3. The molecule has 6 heteroatoms. The molecule has 0 spiro atoms. The van der Waals surface area contributed by atoms with Crippen molar-refractivity contribution in [2.75, 3.05) is 6.54 Å². The summed E-state index contributed by atoms with van der Waals surface area (Å²) >= 11 is 3.52. The Labute approximate surface area is 109 Å². The third-order valence-corrected chi connectivity index (χ3v) is 3.52. The van der Waals surface area contributed by atoms with E-state index in [4.69, 9.17) is 5.11 Å². The topological polar surface area (TPSA) is 67.2 Å². The van der Waals surface area contributed by atoms with E-state index in [1.54, 1.807) is 0 Å². The number of carbonyl (C=O) groups is 1. The van der Waals surface area contributed by atoms with E-state index in [1.807, 2.05) is 18.5 Å². The molecule has 0 bridgehead atoms. The molecular formula is C11H18BrN3O2. The molecule has 1 aromatic heterocycles. The first-order valence-electron chi connectivity index (χ1n) is 5.70. The van der Waals surface area contributed by atoms with Crippen molar-refractivity contribution in [3.8, 4) is 0 Å². The number of carboxylic acids is 1. The van der Waals surface area contributed by atoms with E-state index in [0.717, 1.165) is 22.4 Å². The fraction of sp³-hybridized carbons (Fsp3) is 0.636. The molecule has 2 N–H and O–H groups in total. The Kier molecular flexibility index (Phi) is 5.64. The quantitative estimate of drug-likeness (QED) is 0.755. The van der Waals surface area contributed by atoms with Gasteiger partial charge in [-0.15, -0.1) is 0 Å². The molecule has 0 amide bonds. The first-order chi connectivity index (χ1) is 8.06. The monoisotopic (exact) mass is 303 g/mol. The number of nitrogens with zero attached hydrogens (tertiary/aromatic N) is 2. The molecule has 0 aliphatic rings. The van der Waals surface area contributed by atoms with Crippen LogP contribution in [0.2, 0.25) is 0 Å². The standard InChI is InChI=1S/C11H18BrN3O2/c1-3-15-9(11(12)8(2)14-15)7-13-6-4-5-10(16)17/h13H,3-7H2,1-2H3,(H,16,17). The van der Waals surface area contributed by atoms with E-state index in [1.165, 1.54) is 0 Å². The Hall–Kier alpha value is -0.880. The number of carboxylic acid groups (broad SMARTS) is 1. The molecule has 0 fully saturated rings. The molecule has 0 aliphatic carbocycles. The van der Waals surface area contributed by atoms with E-state index in [-0.39, 0.29) is 6.42 Å². The van der Waals surface area contributed by atoms with Crippen molar-refractivity contribution in [2.24, 2.45) is 0 Å². The summed E-state index contributed by atoms with van der Waals surface area (Å²) in [5, 5.41) is 16.1. The molecule has 1 aromatic rings. The second-order valence-corrected chi connectivity index (χ2v) is 4.63. The fourth-order valence-electron chi connectivity index (χ4n) is 1.61. The zero-order chi connectivity index (χ0) is 12.8. The van der Waals surface area contributed by atoms with Gasteiger partial charge in [-0.2, -0.15) is 5.10 Å². The predicted molar refractivity (Wildman–Crippen MR) is 68.9 cm³/mol. The Balaban J connectivity index is 2.43. The van der Waals surface area contributed by atoms with Gasteiger partial charge >= 0.3 is 5.97 Å². The molecule has 0 unspecified atom stereocenters. The van der Waals surface area contributed by atoms with E-state index < -0.39 is 5.97 Å². The fourth-order valence-corrected chi connectivity index (χ4v) is 2.03. The van der Waals surface area contributed by atoms with Crippen LogP contribution in [-0.4, -0.2) is 27.4 Å². The number of halogens is 1. The number of nitrogens with one attached hydrogen (secondary N) is 1. The summed E-state index contributed by atoms with van der Waals surface area (Å²) in [6.45, 7) is 6.25. The number of aromatic nitrogens is 2. The first-order valence-corrected chi connectivity index (χ1v) is 6.49. The predicted octanol–water partition coefficient (Wildman–Crippen LogP) is 1.93. The van der Waals surface area contributed by atoms with Gasteiger partial charge in [0.05, 0.1) is 15.9 Å². The Bertz CT molecular complexity index is 390. The van der Waals surface area contributed by atoms with Gasteiger partial charge in [-0.1, -0.05) is 0 Å². The molecule has 0 saturated heterocycles. The zero-order valence-electron chi connectivity index (χ0n) is 10.2. The van der Waals surface area contributed by atoms with E-state index in [9.17, 15) is 4.79 Å². The maximum Gasteiger partial charge on any atom is 0.303 e. The zero-order valence-corrected chi connectivity index (χ0v) is 11.7. The third kappa shape index (κ3) is 4.12. The number of aliphatic carboxylic acids is 1. The molecule has 0 saturated carbocycles. The van der Waals surface area contributed by atoms with Gasteiger partial charge in [0.15, 0.2) is 0 Å². The Morgan fingerprint density at radius 3 is 2.88 bits per heavy atom. The largest absolute Gasteiger partial charge is 0.481 e. The van der Waals surface area contributed by atoms with Crippen molar-refractivity contribution < 1.29 is 9.90 Å². The molecule has 1 heterocycles. The van der Waals surface area contributed by atoms with Crippen molar-refractivity contribution >= 4 is 21.9 Å². The van der Waals surface area contributed by atoms with Gasteiger partial charge in [-0.3, -0.25) is 9.48 Å². The van der Waals surface area contributed by atoms with Crippen LogP contribution < -0.4 is 5.32 Å². The minimum absolute atomic E-state index is 0.209. The van der Waals surface area contributed by atoms with Crippen molar-refractivity contribution in [3.63, 3.8) is 0 Å². The van der Waals surface area contributed by atoms with Crippen LogP contribution in [0.25, 0.3) is 0 Å². The molecule has 1 rings (SSSR count). The molecule has 5 nitrogen and oxygen atoms in total. The van der Waals surface area contributed by atoms with Crippen LogP contribution in [0.4, 0.5) is 0 Å². The summed E-state index contributed by atoms with van der Waals surface area (Å²) in [4.78, 5) is 10.3.